The van der Waals surface area contributed by atoms with E-state index in [1.54, 1.807) is 0 Å². The number of hydrogen-bond donors (Lipinski definition) is 0. The molecular weight excluding hydrogens is 244 g/mol. The van der Waals surface area contributed by atoms with Gasteiger partial charge in [-0.2, -0.15) is 0 Å². The van der Waals surface area contributed by atoms with Crippen molar-refractivity contribution < 1.29 is 0 Å². The molecule has 18 heavy (non-hydrogen) atoms. The number of rotatable bonds is 4. The van der Waals surface area contributed by atoms with Crippen LogP contribution in [0.5, 0.6) is 0 Å². The topological polar surface area (TPSA) is 16.1 Å². The molecule has 1 aliphatic rings. The van der Waals surface area contributed by atoms with Crippen LogP contribution in [-0.2, 0) is 5.88 Å². The van der Waals surface area contributed by atoms with Gasteiger partial charge in [0.25, 0.3) is 0 Å². The molecule has 0 spiro atoms. The highest BCUT2D eigenvalue weighted by Gasteiger charge is 2.31. The lowest BCUT2D eigenvalue weighted by Gasteiger charge is -2.41. The molecule has 2 nitrogen and oxygen atoms in total. The van der Waals surface area contributed by atoms with Gasteiger partial charge >= 0.3 is 0 Å². The fourth-order valence-corrected chi connectivity index (χ4v) is 3.03. The summed E-state index contributed by atoms with van der Waals surface area (Å²) < 4.78 is 0. The number of anilines is 1. The van der Waals surface area contributed by atoms with Crippen molar-refractivity contribution in [3.8, 4) is 0 Å². The first-order valence-corrected chi connectivity index (χ1v) is 7.53. The van der Waals surface area contributed by atoms with Gasteiger partial charge in [-0.05, 0) is 30.4 Å². The molecule has 0 bridgehead atoms. The Kier molecular flexibility index (Phi) is 4.50. The smallest absolute Gasteiger partial charge is 0.128 e. The molecule has 3 heteroatoms. The van der Waals surface area contributed by atoms with E-state index in [4.69, 9.17) is 11.6 Å². The van der Waals surface area contributed by atoms with Crippen LogP contribution < -0.4 is 4.90 Å². The summed E-state index contributed by atoms with van der Waals surface area (Å²) in [6.07, 6.45) is 5.17. The summed E-state index contributed by atoms with van der Waals surface area (Å²) in [5.41, 5.74) is 1.54. The summed E-state index contributed by atoms with van der Waals surface area (Å²) in [7, 11) is 0. The zero-order valence-electron chi connectivity index (χ0n) is 11.5. The fraction of sp³-hybridized carbons (Fsp3) is 0.667. The minimum absolute atomic E-state index is 0.496. The second-order valence-electron chi connectivity index (χ2n) is 5.31. The van der Waals surface area contributed by atoms with Crippen molar-refractivity contribution in [1.82, 2.24) is 4.98 Å². The average Bonchev–Trinajstić information content (AvgIpc) is 2.47. The third-order valence-corrected chi connectivity index (χ3v) is 4.85. The van der Waals surface area contributed by atoms with Gasteiger partial charge in [0, 0.05) is 13.1 Å². The number of hydrogen-bond acceptors (Lipinski definition) is 2. The molecule has 2 heterocycles. The van der Waals surface area contributed by atoms with Crippen molar-refractivity contribution >= 4 is 17.4 Å². The monoisotopic (exact) mass is 266 g/mol. The summed E-state index contributed by atoms with van der Waals surface area (Å²) in [4.78, 5) is 7.01. The van der Waals surface area contributed by atoms with Gasteiger partial charge in [-0.25, -0.2) is 4.98 Å². The molecule has 0 unspecified atom stereocenters. The second kappa shape index (κ2) is 5.92. The van der Waals surface area contributed by atoms with Crippen molar-refractivity contribution in [1.29, 1.82) is 0 Å². The molecule has 0 saturated carbocycles. The van der Waals surface area contributed by atoms with E-state index in [1.807, 2.05) is 6.07 Å². The van der Waals surface area contributed by atoms with E-state index in [0.717, 1.165) is 24.6 Å². The van der Waals surface area contributed by atoms with Gasteiger partial charge in [-0.3, -0.25) is 0 Å². The molecule has 0 aliphatic carbocycles. The van der Waals surface area contributed by atoms with Crippen molar-refractivity contribution in [2.75, 3.05) is 18.0 Å². The SMILES string of the molecule is CCC1(CC)CCN(c2cccc(CCl)n2)CC1. The predicted molar refractivity (Wildman–Crippen MR) is 78.3 cm³/mol. The third kappa shape index (κ3) is 2.80. The van der Waals surface area contributed by atoms with E-state index in [0.29, 0.717) is 11.3 Å². The molecular formula is C15H23ClN2. The van der Waals surface area contributed by atoms with E-state index in [9.17, 15) is 0 Å². The largest absolute Gasteiger partial charge is 0.357 e. The number of halogens is 1. The minimum Gasteiger partial charge on any atom is -0.357 e. The summed E-state index contributed by atoms with van der Waals surface area (Å²) in [6, 6.07) is 6.14. The lowest BCUT2D eigenvalue weighted by atomic mass is 9.74. The van der Waals surface area contributed by atoms with Gasteiger partial charge in [0.15, 0.2) is 0 Å². The lowest BCUT2D eigenvalue weighted by Crippen LogP contribution is -2.40. The molecule has 0 amide bonds. The zero-order chi connectivity index (χ0) is 13.0. The standard InChI is InChI=1S/C15H23ClN2/c1-3-15(4-2)8-10-18(11-9-15)14-7-5-6-13(12-16)17-14/h5-7H,3-4,8-12H2,1-2H3. The maximum absolute atomic E-state index is 5.85. The van der Waals surface area contributed by atoms with E-state index in [1.165, 1.54) is 25.7 Å². The van der Waals surface area contributed by atoms with Gasteiger partial charge in [0.2, 0.25) is 0 Å². The molecule has 0 aromatic carbocycles. The molecule has 100 valence electrons. The summed E-state index contributed by atoms with van der Waals surface area (Å²) >= 11 is 5.85. The second-order valence-corrected chi connectivity index (χ2v) is 5.58. The van der Waals surface area contributed by atoms with Crippen molar-refractivity contribution in [2.45, 2.75) is 45.4 Å². The van der Waals surface area contributed by atoms with Crippen LogP contribution in [-0.4, -0.2) is 18.1 Å². The molecule has 1 fully saturated rings. The predicted octanol–water partition coefficient (Wildman–Crippen LogP) is 4.23. The van der Waals surface area contributed by atoms with Gasteiger partial charge in [-0.1, -0.05) is 32.8 Å². The molecule has 1 saturated heterocycles. The number of pyridine rings is 1. The Morgan fingerprint density at radius 1 is 1.22 bits per heavy atom. The first kappa shape index (κ1) is 13.7. The van der Waals surface area contributed by atoms with Gasteiger partial charge < -0.3 is 4.90 Å². The van der Waals surface area contributed by atoms with Crippen LogP contribution in [0, 0.1) is 5.41 Å². The van der Waals surface area contributed by atoms with Gasteiger partial charge in [-0.15, -0.1) is 11.6 Å². The van der Waals surface area contributed by atoms with E-state index in [2.05, 4.69) is 35.9 Å². The van der Waals surface area contributed by atoms with Crippen LogP contribution >= 0.6 is 11.6 Å². The highest BCUT2D eigenvalue weighted by molar-refractivity contribution is 6.16. The molecule has 0 N–H and O–H groups in total. The number of nitrogens with zero attached hydrogens (tertiary/aromatic N) is 2. The summed E-state index contributed by atoms with van der Waals surface area (Å²) in [6.45, 7) is 6.90. The summed E-state index contributed by atoms with van der Waals surface area (Å²) in [5, 5.41) is 0. The highest BCUT2D eigenvalue weighted by Crippen LogP contribution is 2.38. The van der Waals surface area contributed by atoms with Crippen molar-refractivity contribution in [2.24, 2.45) is 5.41 Å². The molecule has 0 radical (unpaired) electrons. The van der Waals surface area contributed by atoms with Crippen LogP contribution in [0.3, 0.4) is 0 Å². The van der Waals surface area contributed by atoms with Crippen LogP contribution in [0.1, 0.15) is 45.2 Å². The number of piperidine rings is 1. The lowest BCUT2D eigenvalue weighted by molar-refractivity contribution is 0.199. The third-order valence-electron chi connectivity index (χ3n) is 4.58. The highest BCUT2D eigenvalue weighted by atomic mass is 35.5. The maximum Gasteiger partial charge on any atom is 0.128 e. The Bertz CT molecular complexity index is 378. The molecule has 0 atom stereocenters. The Morgan fingerprint density at radius 2 is 1.89 bits per heavy atom. The summed E-state index contributed by atoms with van der Waals surface area (Å²) in [5.74, 6) is 1.59. The Morgan fingerprint density at radius 3 is 2.44 bits per heavy atom. The first-order chi connectivity index (χ1) is 8.73. The van der Waals surface area contributed by atoms with Crippen molar-refractivity contribution in [3.05, 3.63) is 23.9 Å². The normalized spacial score (nSPS) is 18.9. The van der Waals surface area contributed by atoms with E-state index >= 15 is 0 Å². The molecule has 1 aromatic heterocycles. The van der Waals surface area contributed by atoms with Crippen LogP contribution in [0.4, 0.5) is 5.82 Å². The molecule has 2 rings (SSSR count). The average molecular weight is 267 g/mol. The minimum atomic E-state index is 0.496. The molecule has 1 aromatic rings. The number of aromatic nitrogens is 1. The van der Waals surface area contributed by atoms with Gasteiger partial charge in [0.05, 0.1) is 11.6 Å². The zero-order valence-corrected chi connectivity index (χ0v) is 12.2. The van der Waals surface area contributed by atoms with E-state index < -0.39 is 0 Å². The Hall–Kier alpha value is -0.760. The molecule has 1 aliphatic heterocycles. The van der Waals surface area contributed by atoms with Crippen LogP contribution in [0.25, 0.3) is 0 Å². The van der Waals surface area contributed by atoms with E-state index in [-0.39, 0.29) is 0 Å². The van der Waals surface area contributed by atoms with Crippen molar-refractivity contribution in [3.63, 3.8) is 0 Å². The fourth-order valence-electron chi connectivity index (χ4n) is 2.88. The number of alkyl halides is 1. The van der Waals surface area contributed by atoms with Gasteiger partial charge in [0.1, 0.15) is 5.82 Å². The van der Waals surface area contributed by atoms with Crippen LogP contribution in [0.15, 0.2) is 18.2 Å². The maximum atomic E-state index is 5.85. The first-order valence-electron chi connectivity index (χ1n) is 7.00. The Labute approximate surface area is 115 Å². The van der Waals surface area contributed by atoms with Crippen LogP contribution in [0.2, 0.25) is 0 Å². The Balaban J connectivity index is 2.04. The quantitative estimate of drug-likeness (QED) is 0.759.